The number of thiocyanates is 1. The van der Waals surface area contributed by atoms with E-state index in [2.05, 4.69) is 5.32 Å². The fraction of sp³-hybridized carbons (Fsp3) is 0.111. The fourth-order valence-corrected chi connectivity index (χ4v) is 1.37. The van der Waals surface area contributed by atoms with Gasteiger partial charge in [0.25, 0.3) is 0 Å². The van der Waals surface area contributed by atoms with Crippen molar-refractivity contribution < 1.29 is 9.18 Å². The lowest BCUT2D eigenvalue weighted by atomic mass is 10.3. The summed E-state index contributed by atoms with van der Waals surface area (Å²) in [6.45, 7) is 0. The molecule has 0 unspecified atom stereocenters. The normalized spacial score (nSPS) is 9.40. The Hall–Kier alpha value is -1.25. The van der Waals surface area contributed by atoms with E-state index in [0.717, 1.165) is 11.8 Å². The molecule has 0 heterocycles. The Balaban J connectivity index is 2.84. The van der Waals surface area contributed by atoms with Crippen LogP contribution in [-0.4, -0.2) is 11.8 Å². The summed E-state index contributed by atoms with van der Waals surface area (Å²) in [6, 6.07) is 4.11. The molecule has 0 atom stereocenters. The van der Waals surface area contributed by atoms with Crippen molar-refractivity contribution in [3.8, 4) is 5.40 Å². The van der Waals surface area contributed by atoms with Gasteiger partial charge in [0.2, 0.25) is 5.91 Å². The third-order valence-electron chi connectivity index (χ3n) is 1.50. The minimum absolute atomic E-state index is 0.0583. The zero-order valence-electron chi connectivity index (χ0n) is 7.46. The van der Waals surface area contributed by atoms with Crippen LogP contribution in [0.5, 0.6) is 0 Å². The Bertz CT molecular complexity index is 419. The first kappa shape index (κ1) is 11.8. The first-order chi connectivity index (χ1) is 7.17. The summed E-state index contributed by atoms with van der Waals surface area (Å²) < 4.78 is 13.3. The number of nitrogens with zero attached hydrogens (tertiary/aromatic N) is 1. The molecule has 0 saturated heterocycles. The molecule has 0 fully saturated rings. The molecule has 1 rings (SSSR count). The van der Waals surface area contributed by atoms with Gasteiger partial charge in [0.15, 0.2) is 0 Å². The number of hydrogen-bond donors (Lipinski definition) is 1. The van der Waals surface area contributed by atoms with Crippen molar-refractivity contribution in [1.82, 2.24) is 0 Å². The molecule has 0 bridgehead atoms. The number of thioether (sulfide) groups is 1. The molecule has 1 aromatic rings. The van der Waals surface area contributed by atoms with Crippen molar-refractivity contribution in [2.24, 2.45) is 0 Å². The largest absolute Gasteiger partial charge is 0.323 e. The van der Waals surface area contributed by atoms with Gasteiger partial charge in [-0.2, -0.15) is 5.26 Å². The van der Waals surface area contributed by atoms with Crippen LogP contribution >= 0.6 is 23.4 Å². The molecule has 0 aliphatic rings. The van der Waals surface area contributed by atoms with Crippen LogP contribution in [0, 0.1) is 16.5 Å². The molecular weight excluding hydrogens is 239 g/mol. The molecule has 0 aromatic heterocycles. The van der Waals surface area contributed by atoms with Crippen molar-refractivity contribution in [2.45, 2.75) is 4.90 Å². The number of anilines is 1. The highest BCUT2D eigenvalue weighted by Gasteiger charge is 2.06. The molecule has 15 heavy (non-hydrogen) atoms. The zero-order chi connectivity index (χ0) is 11.3. The van der Waals surface area contributed by atoms with Crippen molar-refractivity contribution in [3.63, 3.8) is 0 Å². The second kappa shape index (κ2) is 5.59. The summed E-state index contributed by atoms with van der Waals surface area (Å²) in [4.78, 5) is 11.4. The smallest absolute Gasteiger partial charge is 0.239 e. The molecule has 0 saturated carbocycles. The lowest BCUT2D eigenvalue weighted by molar-refractivity contribution is -0.113. The van der Waals surface area contributed by atoms with Crippen LogP contribution in [0.15, 0.2) is 23.1 Å². The maximum Gasteiger partial charge on any atom is 0.239 e. The van der Waals surface area contributed by atoms with Gasteiger partial charge in [-0.1, -0.05) is 0 Å². The first-order valence-electron chi connectivity index (χ1n) is 3.88. The number of rotatable bonds is 3. The van der Waals surface area contributed by atoms with Gasteiger partial charge in [-0.3, -0.25) is 4.79 Å². The van der Waals surface area contributed by atoms with E-state index in [0.29, 0.717) is 4.90 Å². The third kappa shape index (κ3) is 3.42. The Morgan fingerprint density at radius 3 is 2.93 bits per heavy atom. The van der Waals surface area contributed by atoms with Crippen molar-refractivity contribution in [2.75, 3.05) is 11.2 Å². The summed E-state index contributed by atoms with van der Waals surface area (Å²) in [7, 11) is 0. The summed E-state index contributed by atoms with van der Waals surface area (Å²) >= 11 is 6.10. The van der Waals surface area contributed by atoms with Crippen LogP contribution in [0.1, 0.15) is 0 Å². The van der Waals surface area contributed by atoms with E-state index in [4.69, 9.17) is 16.9 Å². The minimum Gasteiger partial charge on any atom is -0.323 e. The summed E-state index contributed by atoms with van der Waals surface area (Å²) in [5.41, 5.74) is 0.0583. The Labute approximate surface area is 95.2 Å². The van der Waals surface area contributed by atoms with E-state index in [1.54, 1.807) is 6.07 Å². The number of halogens is 2. The van der Waals surface area contributed by atoms with Crippen LogP contribution in [-0.2, 0) is 4.79 Å². The lowest BCUT2D eigenvalue weighted by Gasteiger charge is -2.04. The molecule has 78 valence electrons. The highest BCUT2D eigenvalue weighted by Crippen LogP contribution is 2.22. The average molecular weight is 245 g/mol. The second-order valence-electron chi connectivity index (χ2n) is 2.52. The van der Waals surface area contributed by atoms with Gasteiger partial charge in [0, 0.05) is 4.90 Å². The van der Waals surface area contributed by atoms with Crippen LogP contribution < -0.4 is 5.32 Å². The predicted molar refractivity (Wildman–Crippen MR) is 57.2 cm³/mol. The van der Waals surface area contributed by atoms with Gasteiger partial charge in [-0.25, -0.2) is 4.39 Å². The van der Waals surface area contributed by atoms with Gasteiger partial charge in [0.1, 0.15) is 17.1 Å². The summed E-state index contributed by atoms with van der Waals surface area (Å²) in [5.74, 6) is -1.29. The molecule has 0 radical (unpaired) electrons. The number of hydrogen-bond acceptors (Lipinski definition) is 3. The molecule has 1 amide bonds. The standard InChI is InChI=1S/C9H6ClFN2OS/c10-4-9(14)13-8-2-1-6(15-5-12)3-7(8)11/h1-3H,4H2,(H,13,14). The van der Waals surface area contributed by atoms with Crippen LogP contribution in [0.3, 0.4) is 0 Å². The van der Waals surface area contributed by atoms with Crippen molar-refractivity contribution in [3.05, 3.63) is 24.0 Å². The number of nitrogens with one attached hydrogen (secondary N) is 1. The minimum atomic E-state index is -0.589. The van der Waals surface area contributed by atoms with Crippen LogP contribution in [0.4, 0.5) is 10.1 Å². The van der Waals surface area contributed by atoms with Gasteiger partial charge >= 0.3 is 0 Å². The summed E-state index contributed by atoms with van der Waals surface area (Å²) in [6.07, 6.45) is 0. The number of carbonyl (C=O) groups excluding carboxylic acids is 1. The van der Waals surface area contributed by atoms with Crippen LogP contribution in [0.25, 0.3) is 0 Å². The maximum absolute atomic E-state index is 13.3. The number of nitriles is 1. The van der Waals surface area contributed by atoms with E-state index in [-0.39, 0.29) is 11.6 Å². The number of alkyl halides is 1. The van der Waals surface area contributed by atoms with Gasteiger partial charge in [-0.05, 0) is 30.0 Å². The molecular formula is C9H6ClFN2OS. The summed E-state index contributed by atoms with van der Waals surface area (Å²) in [5, 5.41) is 12.5. The van der Waals surface area contributed by atoms with E-state index in [9.17, 15) is 9.18 Å². The first-order valence-corrected chi connectivity index (χ1v) is 5.23. The highest BCUT2D eigenvalue weighted by atomic mass is 35.5. The second-order valence-corrected chi connectivity index (χ2v) is 3.64. The topological polar surface area (TPSA) is 52.9 Å². The van der Waals surface area contributed by atoms with E-state index in [1.807, 2.05) is 5.40 Å². The Kier molecular flexibility index (Phi) is 4.40. The zero-order valence-corrected chi connectivity index (χ0v) is 9.03. The molecule has 0 aliphatic heterocycles. The SMILES string of the molecule is N#CSc1ccc(NC(=O)CCl)c(F)c1. The maximum atomic E-state index is 13.3. The highest BCUT2D eigenvalue weighted by molar-refractivity contribution is 8.03. The quantitative estimate of drug-likeness (QED) is 0.505. The fourth-order valence-electron chi connectivity index (χ4n) is 0.897. The molecule has 1 N–H and O–H groups in total. The van der Waals surface area contributed by atoms with Crippen LogP contribution in [0.2, 0.25) is 0 Å². The van der Waals surface area contributed by atoms with E-state index < -0.39 is 11.7 Å². The van der Waals surface area contributed by atoms with E-state index >= 15 is 0 Å². The molecule has 1 aromatic carbocycles. The third-order valence-corrected chi connectivity index (χ3v) is 2.32. The molecule has 0 spiro atoms. The molecule has 3 nitrogen and oxygen atoms in total. The average Bonchev–Trinajstić information content (AvgIpc) is 2.22. The number of benzene rings is 1. The van der Waals surface area contributed by atoms with E-state index in [1.165, 1.54) is 12.1 Å². The van der Waals surface area contributed by atoms with Gasteiger partial charge in [0.05, 0.1) is 5.69 Å². The van der Waals surface area contributed by atoms with Gasteiger partial charge < -0.3 is 5.32 Å². The van der Waals surface area contributed by atoms with Crippen molar-refractivity contribution in [1.29, 1.82) is 5.26 Å². The Morgan fingerprint density at radius 1 is 1.67 bits per heavy atom. The number of amides is 1. The molecule has 6 heteroatoms. The van der Waals surface area contributed by atoms with Crippen molar-refractivity contribution >= 4 is 35.0 Å². The number of carbonyl (C=O) groups is 1. The molecule has 0 aliphatic carbocycles. The lowest BCUT2D eigenvalue weighted by Crippen LogP contribution is -2.13. The monoisotopic (exact) mass is 244 g/mol. The predicted octanol–water partition coefficient (Wildman–Crippen LogP) is 2.58. The van der Waals surface area contributed by atoms with Gasteiger partial charge in [-0.15, -0.1) is 11.6 Å². The Morgan fingerprint density at radius 2 is 2.40 bits per heavy atom.